The summed E-state index contributed by atoms with van der Waals surface area (Å²) in [5, 5.41) is 3.61. The highest BCUT2D eigenvalue weighted by molar-refractivity contribution is 4.92. The fraction of sp³-hybridized carbons (Fsp3) is 1.00. The van der Waals surface area contributed by atoms with E-state index in [1.165, 1.54) is 58.2 Å². The second kappa shape index (κ2) is 7.46. The number of likely N-dealkylation sites (tertiary alicyclic amines) is 1. The van der Waals surface area contributed by atoms with Gasteiger partial charge in [-0.3, -0.25) is 0 Å². The first-order valence-corrected chi connectivity index (χ1v) is 9.43. The fourth-order valence-electron chi connectivity index (χ4n) is 4.83. The molecule has 1 N–H and O–H groups in total. The first-order valence-electron chi connectivity index (χ1n) is 9.43. The Balaban J connectivity index is 1.93. The first kappa shape index (κ1) is 17.3. The molecule has 0 bridgehead atoms. The lowest BCUT2D eigenvalue weighted by Crippen LogP contribution is -2.45. The summed E-state index contributed by atoms with van der Waals surface area (Å²) in [6.07, 6.45) is 8.37. The minimum atomic E-state index is 0.626. The molecule has 1 saturated heterocycles. The van der Waals surface area contributed by atoms with Gasteiger partial charge >= 0.3 is 0 Å². The summed E-state index contributed by atoms with van der Waals surface area (Å²) in [5.74, 6) is 2.67. The standard InChI is InChI=1S/C19H38N2/c1-6-19(7-2)10-11-21(14-19)13-17-12-16(15(3)4)8-9-18(17)20-5/h15-18,20H,6-14H2,1-5H3. The monoisotopic (exact) mass is 294 g/mol. The molecule has 2 heteroatoms. The molecular formula is C19H38N2. The molecule has 3 atom stereocenters. The van der Waals surface area contributed by atoms with Crippen LogP contribution in [-0.4, -0.2) is 37.6 Å². The van der Waals surface area contributed by atoms with Gasteiger partial charge in [0.25, 0.3) is 0 Å². The van der Waals surface area contributed by atoms with Gasteiger partial charge in [0.15, 0.2) is 0 Å². The normalized spacial score (nSPS) is 33.7. The van der Waals surface area contributed by atoms with E-state index in [1.807, 2.05) is 0 Å². The Labute approximate surface area is 133 Å². The summed E-state index contributed by atoms with van der Waals surface area (Å²) >= 11 is 0. The number of nitrogens with one attached hydrogen (secondary N) is 1. The molecule has 1 saturated carbocycles. The summed E-state index contributed by atoms with van der Waals surface area (Å²) in [4.78, 5) is 2.78. The van der Waals surface area contributed by atoms with Crippen molar-refractivity contribution in [3.05, 3.63) is 0 Å². The van der Waals surface area contributed by atoms with Gasteiger partial charge in [0.1, 0.15) is 0 Å². The van der Waals surface area contributed by atoms with E-state index in [4.69, 9.17) is 0 Å². The number of hydrogen-bond donors (Lipinski definition) is 1. The van der Waals surface area contributed by atoms with E-state index in [0.717, 1.165) is 23.8 Å². The van der Waals surface area contributed by atoms with Crippen LogP contribution < -0.4 is 5.32 Å². The van der Waals surface area contributed by atoms with Gasteiger partial charge in [-0.15, -0.1) is 0 Å². The summed E-state index contributed by atoms with van der Waals surface area (Å²) in [7, 11) is 2.17. The number of rotatable bonds is 6. The third-order valence-corrected chi connectivity index (χ3v) is 6.85. The second-order valence-corrected chi connectivity index (χ2v) is 8.16. The third kappa shape index (κ3) is 4.01. The van der Waals surface area contributed by atoms with Crippen LogP contribution in [0.4, 0.5) is 0 Å². The van der Waals surface area contributed by atoms with E-state index in [-0.39, 0.29) is 0 Å². The molecule has 2 aliphatic rings. The van der Waals surface area contributed by atoms with E-state index >= 15 is 0 Å². The molecule has 1 aliphatic carbocycles. The van der Waals surface area contributed by atoms with Gasteiger partial charge in [0.05, 0.1) is 0 Å². The van der Waals surface area contributed by atoms with Crippen LogP contribution in [-0.2, 0) is 0 Å². The van der Waals surface area contributed by atoms with Gasteiger partial charge in [-0.1, -0.05) is 27.7 Å². The molecule has 0 aromatic heterocycles. The predicted octanol–water partition coefficient (Wildman–Crippen LogP) is 4.16. The molecule has 3 unspecified atom stereocenters. The highest BCUT2D eigenvalue weighted by Gasteiger charge is 2.38. The molecule has 0 aromatic carbocycles. The molecule has 1 heterocycles. The molecule has 2 rings (SSSR count). The van der Waals surface area contributed by atoms with Gasteiger partial charge in [-0.2, -0.15) is 0 Å². The number of nitrogens with zero attached hydrogens (tertiary/aromatic N) is 1. The van der Waals surface area contributed by atoms with Crippen LogP contribution in [0.15, 0.2) is 0 Å². The SMILES string of the molecule is CCC1(CC)CCN(CC2CC(C(C)C)CCC2NC)C1. The van der Waals surface area contributed by atoms with Crippen molar-refractivity contribution >= 4 is 0 Å². The quantitative estimate of drug-likeness (QED) is 0.791. The Morgan fingerprint density at radius 2 is 1.90 bits per heavy atom. The molecule has 2 fully saturated rings. The second-order valence-electron chi connectivity index (χ2n) is 8.16. The summed E-state index contributed by atoms with van der Waals surface area (Å²) in [6, 6.07) is 0.748. The van der Waals surface area contributed by atoms with E-state index < -0.39 is 0 Å². The lowest BCUT2D eigenvalue weighted by Gasteiger charge is -2.40. The summed E-state index contributed by atoms with van der Waals surface area (Å²) in [6.45, 7) is 13.6. The fourth-order valence-corrected chi connectivity index (χ4v) is 4.83. The molecule has 0 radical (unpaired) electrons. The highest BCUT2D eigenvalue weighted by Crippen LogP contribution is 2.39. The minimum absolute atomic E-state index is 0.626. The Morgan fingerprint density at radius 3 is 2.43 bits per heavy atom. The molecule has 0 spiro atoms. The Morgan fingerprint density at radius 1 is 1.19 bits per heavy atom. The van der Waals surface area contributed by atoms with Crippen LogP contribution in [0.3, 0.4) is 0 Å². The van der Waals surface area contributed by atoms with Crippen molar-refractivity contribution in [1.82, 2.24) is 10.2 Å². The minimum Gasteiger partial charge on any atom is -0.317 e. The molecule has 21 heavy (non-hydrogen) atoms. The average molecular weight is 295 g/mol. The van der Waals surface area contributed by atoms with E-state index in [0.29, 0.717) is 5.41 Å². The Hall–Kier alpha value is -0.0800. The molecule has 0 aromatic rings. The van der Waals surface area contributed by atoms with Crippen LogP contribution >= 0.6 is 0 Å². The van der Waals surface area contributed by atoms with Gasteiger partial charge in [-0.25, -0.2) is 0 Å². The van der Waals surface area contributed by atoms with Crippen molar-refractivity contribution in [1.29, 1.82) is 0 Å². The van der Waals surface area contributed by atoms with Crippen LogP contribution in [0.25, 0.3) is 0 Å². The van der Waals surface area contributed by atoms with Gasteiger partial charge < -0.3 is 10.2 Å². The molecule has 124 valence electrons. The maximum atomic E-state index is 3.61. The lowest BCUT2D eigenvalue weighted by molar-refractivity contribution is 0.127. The van der Waals surface area contributed by atoms with E-state index in [1.54, 1.807) is 0 Å². The van der Waals surface area contributed by atoms with Gasteiger partial charge in [0.2, 0.25) is 0 Å². The summed E-state index contributed by atoms with van der Waals surface area (Å²) in [5.41, 5.74) is 0.626. The topological polar surface area (TPSA) is 15.3 Å². The maximum Gasteiger partial charge on any atom is 0.0105 e. The lowest BCUT2D eigenvalue weighted by atomic mass is 9.73. The Kier molecular flexibility index (Phi) is 6.14. The van der Waals surface area contributed by atoms with Crippen molar-refractivity contribution in [3.8, 4) is 0 Å². The molecule has 2 nitrogen and oxygen atoms in total. The average Bonchev–Trinajstić information content (AvgIpc) is 2.91. The molecular weight excluding hydrogens is 256 g/mol. The van der Waals surface area contributed by atoms with Crippen molar-refractivity contribution in [3.63, 3.8) is 0 Å². The van der Waals surface area contributed by atoms with Gasteiger partial charge in [-0.05, 0) is 75.3 Å². The third-order valence-electron chi connectivity index (χ3n) is 6.85. The Bertz CT molecular complexity index is 309. The smallest absolute Gasteiger partial charge is 0.0105 e. The zero-order chi connectivity index (χ0) is 15.5. The van der Waals surface area contributed by atoms with Crippen LogP contribution in [0.5, 0.6) is 0 Å². The van der Waals surface area contributed by atoms with Crippen molar-refractivity contribution in [2.45, 2.75) is 72.3 Å². The van der Waals surface area contributed by atoms with E-state index in [9.17, 15) is 0 Å². The van der Waals surface area contributed by atoms with Crippen LogP contribution in [0, 0.1) is 23.2 Å². The first-order chi connectivity index (χ1) is 10.0. The molecule has 0 amide bonds. The zero-order valence-corrected chi connectivity index (χ0v) is 15.1. The van der Waals surface area contributed by atoms with Crippen molar-refractivity contribution in [2.75, 3.05) is 26.7 Å². The highest BCUT2D eigenvalue weighted by atomic mass is 15.2. The van der Waals surface area contributed by atoms with Crippen molar-refractivity contribution < 1.29 is 0 Å². The molecule has 1 aliphatic heterocycles. The zero-order valence-electron chi connectivity index (χ0n) is 15.1. The maximum absolute atomic E-state index is 3.61. The van der Waals surface area contributed by atoms with Crippen molar-refractivity contribution in [2.24, 2.45) is 23.2 Å². The van der Waals surface area contributed by atoms with Crippen LogP contribution in [0.2, 0.25) is 0 Å². The van der Waals surface area contributed by atoms with Gasteiger partial charge in [0, 0.05) is 19.1 Å². The van der Waals surface area contributed by atoms with Crippen LogP contribution in [0.1, 0.15) is 66.2 Å². The van der Waals surface area contributed by atoms with E-state index in [2.05, 4.69) is 45.0 Å². The predicted molar refractivity (Wildman–Crippen MR) is 92.6 cm³/mol. The number of hydrogen-bond acceptors (Lipinski definition) is 2. The largest absolute Gasteiger partial charge is 0.317 e. The summed E-state index contributed by atoms with van der Waals surface area (Å²) < 4.78 is 0.